The number of carbonyl (C=O) groups is 1. The van der Waals surface area contributed by atoms with Crippen molar-refractivity contribution in [1.82, 2.24) is 4.90 Å². The Morgan fingerprint density at radius 3 is 2.89 bits per heavy atom. The number of halogens is 1. The van der Waals surface area contributed by atoms with Gasteiger partial charge in [-0.1, -0.05) is 0 Å². The van der Waals surface area contributed by atoms with Gasteiger partial charge in [0.05, 0.1) is 4.47 Å². The van der Waals surface area contributed by atoms with E-state index in [-0.39, 0.29) is 23.7 Å². The van der Waals surface area contributed by atoms with E-state index in [1.54, 1.807) is 12.1 Å². The number of hydrogen-bond donors (Lipinski definition) is 2. The molecule has 0 aromatic heterocycles. The number of nitrogens with two attached hydrogens (primary N) is 1. The van der Waals surface area contributed by atoms with Crippen LogP contribution < -0.4 is 5.73 Å². The standard InChI is InChI=1S/C13H17BrN2O2/c1-8-6-10(15)4-5-16(8)13(18)9-2-3-11(14)12(17)7-9/h2-3,7-8,10,17H,4-6,15H2,1H3. The molecule has 0 bridgehead atoms. The maximum Gasteiger partial charge on any atom is 0.254 e. The van der Waals surface area contributed by atoms with Crippen LogP contribution in [0.1, 0.15) is 30.1 Å². The lowest BCUT2D eigenvalue weighted by Crippen LogP contribution is -2.48. The van der Waals surface area contributed by atoms with Crippen molar-refractivity contribution in [2.45, 2.75) is 31.8 Å². The summed E-state index contributed by atoms with van der Waals surface area (Å²) in [5.41, 5.74) is 6.40. The molecule has 1 aromatic rings. The topological polar surface area (TPSA) is 66.6 Å². The summed E-state index contributed by atoms with van der Waals surface area (Å²) in [4.78, 5) is 14.2. The Kier molecular flexibility index (Phi) is 3.92. The van der Waals surface area contributed by atoms with Crippen molar-refractivity contribution in [3.63, 3.8) is 0 Å². The number of hydrogen-bond acceptors (Lipinski definition) is 3. The molecule has 1 aliphatic rings. The monoisotopic (exact) mass is 312 g/mol. The lowest BCUT2D eigenvalue weighted by atomic mass is 9.98. The van der Waals surface area contributed by atoms with Gasteiger partial charge in [0.25, 0.3) is 5.91 Å². The van der Waals surface area contributed by atoms with Crippen LogP contribution >= 0.6 is 15.9 Å². The summed E-state index contributed by atoms with van der Waals surface area (Å²) < 4.78 is 0.591. The minimum absolute atomic E-state index is 0.0443. The molecule has 2 rings (SSSR count). The Bertz CT molecular complexity index is 464. The molecule has 0 aliphatic carbocycles. The molecule has 1 amide bonds. The second kappa shape index (κ2) is 5.28. The molecule has 1 heterocycles. The highest BCUT2D eigenvalue weighted by atomic mass is 79.9. The molecule has 0 saturated carbocycles. The Morgan fingerprint density at radius 1 is 1.56 bits per heavy atom. The van der Waals surface area contributed by atoms with Crippen molar-refractivity contribution >= 4 is 21.8 Å². The Morgan fingerprint density at radius 2 is 2.28 bits per heavy atom. The first-order valence-corrected chi connectivity index (χ1v) is 6.83. The molecular formula is C13H17BrN2O2. The summed E-state index contributed by atoms with van der Waals surface area (Å²) in [5, 5.41) is 9.62. The molecule has 4 nitrogen and oxygen atoms in total. The molecule has 98 valence electrons. The van der Waals surface area contributed by atoms with Gasteiger partial charge in [0.15, 0.2) is 0 Å². The van der Waals surface area contributed by atoms with Gasteiger partial charge in [-0.2, -0.15) is 0 Å². The molecule has 0 radical (unpaired) electrons. The second-order valence-electron chi connectivity index (χ2n) is 4.80. The summed E-state index contributed by atoms with van der Waals surface area (Å²) >= 11 is 3.20. The zero-order valence-corrected chi connectivity index (χ0v) is 11.9. The van der Waals surface area contributed by atoms with Crippen molar-refractivity contribution in [2.75, 3.05) is 6.54 Å². The zero-order chi connectivity index (χ0) is 13.3. The van der Waals surface area contributed by atoms with E-state index in [1.165, 1.54) is 6.07 Å². The maximum atomic E-state index is 12.3. The van der Waals surface area contributed by atoms with Gasteiger partial charge >= 0.3 is 0 Å². The van der Waals surface area contributed by atoms with E-state index in [4.69, 9.17) is 5.73 Å². The third-order valence-corrected chi connectivity index (χ3v) is 4.04. The van der Waals surface area contributed by atoms with Crippen LogP contribution in [-0.2, 0) is 0 Å². The van der Waals surface area contributed by atoms with E-state index in [0.29, 0.717) is 16.6 Å². The predicted molar refractivity (Wildman–Crippen MR) is 73.5 cm³/mol. The van der Waals surface area contributed by atoms with E-state index < -0.39 is 0 Å². The number of aromatic hydroxyl groups is 1. The van der Waals surface area contributed by atoms with Crippen LogP contribution in [0.4, 0.5) is 0 Å². The lowest BCUT2D eigenvalue weighted by molar-refractivity contribution is 0.0618. The normalized spacial score (nSPS) is 24.1. The highest BCUT2D eigenvalue weighted by Gasteiger charge is 2.27. The molecule has 3 N–H and O–H groups in total. The van der Waals surface area contributed by atoms with Crippen LogP contribution in [0.5, 0.6) is 5.75 Å². The first-order valence-electron chi connectivity index (χ1n) is 6.04. The van der Waals surface area contributed by atoms with Gasteiger partial charge in [0, 0.05) is 24.2 Å². The average Bonchev–Trinajstić information content (AvgIpc) is 2.32. The molecule has 18 heavy (non-hydrogen) atoms. The summed E-state index contributed by atoms with van der Waals surface area (Å²) in [6, 6.07) is 5.22. The SMILES string of the molecule is CC1CC(N)CCN1C(=O)c1ccc(Br)c(O)c1. The van der Waals surface area contributed by atoms with Crippen LogP contribution in [0.3, 0.4) is 0 Å². The Balaban J connectivity index is 2.18. The fourth-order valence-corrected chi connectivity index (χ4v) is 2.57. The van der Waals surface area contributed by atoms with Crippen molar-refractivity contribution in [3.8, 4) is 5.75 Å². The van der Waals surface area contributed by atoms with E-state index in [0.717, 1.165) is 12.8 Å². The number of phenols is 1. The molecular weight excluding hydrogens is 296 g/mol. The molecule has 5 heteroatoms. The lowest BCUT2D eigenvalue weighted by Gasteiger charge is -2.36. The van der Waals surface area contributed by atoms with Crippen LogP contribution in [0.15, 0.2) is 22.7 Å². The van der Waals surface area contributed by atoms with E-state index in [1.807, 2.05) is 11.8 Å². The minimum atomic E-state index is -0.0443. The van der Waals surface area contributed by atoms with Gasteiger partial charge in [0.1, 0.15) is 5.75 Å². The van der Waals surface area contributed by atoms with E-state index in [2.05, 4.69) is 15.9 Å². The molecule has 1 fully saturated rings. The van der Waals surface area contributed by atoms with Gasteiger partial charge in [-0.3, -0.25) is 4.79 Å². The third kappa shape index (κ3) is 2.67. The first kappa shape index (κ1) is 13.4. The highest BCUT2D eigenvalue weighted by molar-refractivity contribution is 9.10. The first-order chi connectivity index (χ1) is 8.49. The summed E-state index contributed by atoms with van der Waals surface area (Å²) in [7, 11) is 0. The Hall–Kier alpha value is -1.07. The minimum Gasteiger partial charge on any atom is -0.507 e. The average molecular weight is 313 g/mol. The number of likely N-dealkylation sites (tertiary alicyclic amines) is 1. The summed E-state index contributed by atoms with van der Waals surface area (Å²) in [5.74, 6) is 0.0411. The van der Waals surface area contributed by atoms with Crippen molar-refractivity contribution in [2.24, 2.45) is 5.73 Å². The quantitative estimate of drug-likeness (QED) is 0.834. The van der Waals surface area contributed by atoms with Gasteiger partial charge in [-0.25, -0.2) is 0 Å². The van der Waals surface area contributed by atoms with E-state index in [9.17, 15) is 9.90 Å². The van der Waals surface area contributed by atoms with Crippen LogP contribution in [-0.4, -0.2) is 34.5 Å². The number of rotatable bonds is 1. The molecule has 0 spiro atoms. The van der Waals surface area contributed by atoms with E-state index >= 15 is 0 Å². The van der Waals surface area contributed by atoms with Crippen LogP contribution in [0.25, 0.3) is 0 Å². The summed E-state index contributed by atoms with van der Waals surface area (Å²) in [6.45, 7) is 2.69. The fourth-order valence-electron chi connectivity index (χ4n) is 2.32. The number of phenolic OH excluding ortho intramolecular Hbond substituents is 1. The number of amides is 1. The number of piperidine rings is 1. The van der Waals surface area contributed by atoms with Crippen molar-refractivity contribution in [3.05, 3.63) is 28.2 Å². The highest BCUT2D eigenvalue weighted by Crippen LogP contribution is 2.26. The molecule has 2 unspecified atom stereocenters. The summed E-state index contributed by atoms with van der Waals surface area (Å²) in [6.07, 6.45) is 1.66. The second-order valence-corrected chi connectivity index (χ2v) is 5.65. The number of carbonyl (C=O) groups excluding carboxylic acids is 1. The predicted octanol–water partition coefficient (Wildman–Crippen LogP) is 2.11. The zero-order valence-electron chi connectivity index (χ0n) is 10.3. The van der Waals surface area contributed by atoms with Crippen LogP contribution in [0, 0.1) is 0 Å². The molecule has 2 atom stereocenters. The van der Waals surface area contributed by atoms with Gasteiger partial charge < -0.3 is 15.7 Å². The fraction of sp³-hybridized carbons (Fsp3) is 0.462. The van der Waals surface area contributed by atoms with Crippen molar-refractivity contribution < 1.29 is 9.90 Å². The maximum absolute atomic E-state index is 12.3. The Labute approximate surface area is 115 Å². The van der Waals surface area contributed by atoms with Gasteiger partial charge in [0.2, 0.25) is 0 Å². The van der Waals surface area contributed by atoms with Gasteiger partial charge in [-0.15, -0.1) is 0 Å². The molecule has 1 saturated heterocycles. The third-order valence-electron chi connectivity index (χ3n) is 3.37. The molecule has 1 aromatic carbocycles. The van der Waals surface area contributed by atoms with Crippen LogP contribution in [0.2, 0.25) is 0 Å². The van der Waals surface area contributed by atoms with Crippen molar-refractivity contribution in [1.29, 1.82) is 0 Å². The largest absolute Gasteiger partial charge is 0.507 e. The van der Waals surface area contributed by atoms with Gasteiger partial charge in [-0.05, 0) is 53.9 Å². The number of benzene rings is 1. The molecule has 1 aliphatic heterocycles. The smallest absolute Gasteiger partial charge is 0.254 e. The number of nitrogens with zero attached hydrogens (tertiary/aromatic N) is 1.